The Balaban J connectivity index is 1.48. The maximum atomic E-state index is 10.1. The Labute approximate surface area is 279 Å². The second kappa shape index (κ2) is 13.7. The topological polar surface area (TPSA) is 99.1 Å². The fourth-order valence-corrected chi connectivity index (χ4v) is 5.72. The Hall–Kier alpha value is -6.81. The standard InChI is InChI=1S/C42H29N3O3/c1-46-40-9-5-8-31(19-40)32-11-28(25-44)12-33(15-32)38-18-39(23-42(22-38)48-3)35-14-29(26-45)13-34(16-35)37-17-36(20-41(21-37)47-2)30-7-4-6-27(10-30)24-43/h4-23H,1-3H3. The molecule has 0 N–H and O–H groups in total. The molecule has 0 aromatic heterocycles. The number of nitriles is 3. The predicted molar refractivity (Wildman–Crippen MR) is 187 cm³/mol. The summed E-state index contributed by atoms with van der Waals surface area (Å²) in [5, 5.41) is 29.4. The summed E-state index contributed by atoms with van der Waals surface area (Å²) in [5.41, 5.74) is 10.2. The maximum absolute atomic E-state index is 10.1. The molecule has 0 heterocycles. The molecule has 0 atom stereocenters. The Morgan fingerprint density at radius 2 is 0.646 bits per heavy atom. The van der Waals surface area contributed by atoms with Gasteiger partial charge in [-0.05, 0) is 153 Å². The van der Waals surface area contributed by atoms with Crippen LogP contribution in [0.25, 0.3) is 55.6 Å². The zero-order valence-corrected chi connectivity index (χ0v) is 26.6. The summed E-state index contributed by atoms with van der Waals surface area (Å²) in [7, 11) is 4.86. The molecular formula is C42H29N3O3. The average Bonchev–Trinajstić information content (AvgIpc) is 3.16. The van der Waals surface area contributed by atoms with Gasteiger partial charge in [0.1, 0.15) is 17.2 Å². The van der Waals surface area contributed by atoms with Crippen LogP contribution in [0.4, 0.5) is 0 Å². The minimum absolute atomic E-state index is 0.495. The summed E-state index contributed by atoms with van der Waals surface area (Å²) in [6.07, 6.45) is 0. The van der Waals surface area contributed by atoms with Gasteiger partial charge in [-0.25, -0.2) is 0 Å². The third kappa shape index (κ3) is 6.58. The largest absolute Gasteiger partial charge is 0.497 e. The fraction of sp³-hybridized carbons (Fsp3) is 0.0714. The molecule has 0 saturated carbocycles. The Morgan fingerprint density at radius 3 is 1.06 bits per heavy atom. The van der Waals surface area contributed by atoms with Gasteiger partial charge in [-0.1, -0.05) is 24.3 Å². The molecule has 6 rings (SSSR count). The third-order valence-corrected chi connectivity index (χ3v) is 8.14. The molecule has 0 aliphatic carbocycles. The van der Waals surface area contributed by atoms with Crippen molar-refractivity contribution in [2.24, 2.45) is 0 Å². The van der Waals surface area contributed by atoms with Crippen molar-refractivity contribution in [2.45, 2.75) is 0 Å². The highest BCUT2D eigenvalue weighted by Gasteiger charge is 2.14. The smallest absolute Gasteiger partial charge is 0.120 e. The van der Waals surface area contributed by atoms with Crippen molar-refractivity contribution in [2.75, 3.05) is 21.3 Å². The van der Waals surface area contributed by atoms with Crippen molar-refractivity contribution >= 4 is 0 Å². The minimum Gasteiger partial charge on any atom is -0.497 e. The van der Waals surface area contributed by atoms with E-state index in [9.17, 15) is 15.8 Å². The molecule has 0 radical (unpaired) electrons. The molecule has 6 aromatic rings. The van der Waals surface area contributed by atoms with E-state index >= 15 is 0 Å². The van der Waals surface area contributed by atoms with E-state index in [0.29, 0.717) is 28.2 Å². The summed E-state index contributed by atoms with van der Waals surface area (Å²) in [4.78, 5) is 0. The lowest BCUT2D eigenvalue weighted by molar-refractivity contribution is 0.415. The van der Waals surface area contributed by atoms with Gasteiger partial charge >= 0.3 is 0 Å². The second-order valence-corrected chi connectivity index (χ2v) is 11.1. The number of benzene rings is 6. The molecule has 6 heteroatoms. The summed E-state index contributed by atoms with van der Waals surface area (Å²) in [5.74, 6) is 2.02. The van der Waals surface area contributed by atoms with Crippen molar-refractivity contribution in [3.63, 3.8) is 0 Å². The van der Waals surface area contributed by atoms with Gasteiger partial charge in [0.2, 0.25) is 0 Å². The molecule has 0 spiro atoms. The Morgan fingerprint density at radius 1 is 0.333 bits per heavy atom. The molecule has 0 unspecified atom stereocenters. The van der Waals surface area contributed by atoms with E-state index in [0.717, 1.165) is 61.4 Å². The van der Waals surface area contributed by atoms with Gasteiger partial charge < -0.3 is 14.2 Å². The molecule has 230 valence electrons. The van der Waals surface area contributed by atoms with Crippen molar-refractivity contribution < 1.29 is 14.2 Å². The summed E-state index contributed by atoms with van der Waals surface area (Å²) < 4.78 is 16.8. The van der Waals surface area contributed by atoms with Crippen LogP contribution in [0.1, 0.15) is 16.7 Å². The molecule has 0 saturated heterocycles. The summed E-state index contributed by atoms with van der Waals surface area (Å²) in [6, 6.07) is 45.3. The number of nitrogens with zero attached hydrogens (tertiary/aromatic N) is 3. The van der Waals surface area contributed by atoms with E-state index in [-0.39, 0.29) is 0 Å². The van der Waals surface area contributed by atoms with Crippen molar-refractivity contribution in [1.29, 1.82) is 15.8 Å². The highest BCUT2D eigenvalue weighted by atomic mass is 16.5. The SMILES string of the molecule is COc1cccc(-c2cc(C#N)cc(-c3cc(OC)cc(-c4cc(C#N)cc(-c5cc(OC)cc(-c6cccc(C#N)c6)c5)c4)c3)c2)c1. The molecule has 6 aromatic carbocycles. The van der Waals surface area contributed by atoms with E-state index < -0.39 is 0 Å². The first-order valence-corrected chi connectivity index (χ1v) is 15.1. The van der Waals surface area contributed by atoms with Crippen molar-refractivity contribution in [1.82, 2.24) is 0 Å². The van der Waals surface area contributed by atoms with Crippen LogP contribution in [0.3, 0.4) is 0 Å². The van der Waals surface area contributed by atoms with Gasteiger partial charge in [0, 0.05) is 0 Å². The van der Waals surface area contributed by atoms with Crippen LogP contribution in [-0.2, 0) is 0 Å². The van der Waals surface area contributed by atoms with Gasteiger partial charge in [-0.2, -0.15) is 15.8 Å². The fourth-order valence-electron chi connectivity index (χ4n) is 5.72. The molecule has 0 amide bonds. The molecule has 0 aliphatic rings. The van der Waals surface area contributed by atoms with E-state index in [1.165, 1.54) is 0 Å². The molecule has 6 nitrogen and oxygen atoms in total. The van der Waals surface area contributed by atoms with Crippen LogP contribution in [0, 0.1) is 34.0 Å². The number of methoxy groups -OCH3 is 3. The Kier molecular flexibility index (Phi) is 8.88. The number of rotatable bonds is 8. The highest BCUT2D eigenvalue weighted by Crippen LogP contribution is 2.38. The lowest BCUT2D eigenvalue weighted by atomic mass is 9.91. The third-order valence-electron chi connectivity index (χ3n) is 8.14. The highest BCUT2D eigenvalue weighted by molar-refractivity contribution is 5.83. The van der Waals surface area contributed by atoms with E-state index in [4.69, 9.17) is 14.2 Å². The van der Waals surface area contributed by atoms with E-state index in [1.54, 1.807) is 27.4 Å². The van der Waals surface area contributed by atoms with Crippen LogP contribution in [0.15, 0.2) is 121 Å². The van der Waals surface area contributed by atoms with E-state index in [1.807, 2.05) is 115 Å². The van der Waals surface area contributed by atoms with Gasteiger partial charge in [-0.3, -0.25) is 0 Å². The second-order valence-electron chi connectivity index (χ2n) is 11.1. The lowest BCUT2D eigenvalue weighted by Gasteiger charge is -2.14. The summed E-state index contributed by atoms with van der Waals surface area (Å²) in [6.45, 7) is 0. The van der Waals surface area contributed by atoms with Crippen molar-refractivity contribution in [3.05, 3.63) is 138 Å². The zero-order valence-electron chi connectivity index (χ0n) is 26.6. The lowest BCUT2D eigenvalue weighted by Crippen LogP contribution is -1.92. The normalized spacial score (nSPS) is 10.3. The molecule has 0 fully saturated rings. The first kappa shape index (κ1) is 31.2. The Bertz CT molecular complexity index is 2300. The van der Waals surface area contributed by atoms with Crippen LogP contribution in [0.5, 0.6) is 17.2 Å². The predicted octanol–water partition coefficient (Wildman–Crippen LogP) is 9.66. The number of hydrogen-bond donors (Lipinski definition) is 0. The quantitative estimate of drug-likeness (QED) is 0.167. The minimum atomic E-state index is 0.495. The molecule has 0 aliphatic heterocycles. The van der Waals surface area contributed by atoms with E-state index in [2.05, 4.69) is 18.2 Å². The van der Waals surface area contributed by atoms with Gasteiger partial charge in [0.15, 0.2) is 0 Å². The molecular weight excluding hydrogens is 594 g/mol. The van der Waals surface area contributed by atoms with Gasteiger partial charge in [0.25, 0.3) is 0 Å². The van der Waals surface area contributed by atoms with Crippen LogP contribution < -0.4 is 14.2 Å². The number of ether oxygens (including phenoxy) is 3. The zero-order chi connectivity index (χ0) is 33.6. The van der Waals surface area contributed by atoms with Crippen LogP contribution >= 0.6 is 0 Å². The molecule has 48 heavy (non-hydrogen) atoms. The number of hydrogen-bond acceptors (Lipinski definition) is 6. The van der Waals surface area contributed by atoms with Crippen LogP contribution in [-0.4, -0.2) is 21.3 Å². The van der Waals surface area contributed by atoms with Gasteiger partial charge in [-0.15, -0.1) is 0 Å². The van der Waals surface area contributed by atoms with Gasteiger partial charge in [0.05, 0.1) is 56.2 Å². The molecule has 0 bridgehead atoms. The van der Waals surface area contributed by atoms with Crippen LogP contribution in [0.2, 0.25) is 0 Å². The van der Waals surface area contributed by atoms with Crippen molar-refractivity contribution in [3.8, 4) is 91.1 Å². The first-order valence-electron chi connectivity index (χ1n) is 15.1. The monoisotopic (exact) mass is 623 g/mol. The summed E-state index contributed by atoms with van der Waals surface area (Å²) >= 11 is 0. The maximum Gasteiger partial charge on any atom is 0.120 e. The average molecular weight is 624 g/mol. The first-order chi connectivity index (χ1) is 23.4.